The van der Waals surface area contributed by atoms with E-state index in [-0.39, 0.29) is 37.6 Å². The van der Waals surface area contributed by atoms with Crippen molar-refractivity contribution in [1.82, 2.24) is 0 Å². The van der Waals surface area contributed by atoms with Crippen molar-refractivity contribution in [3.05, 3.63) is 103 Å². The molecule has 0 amide bonds. The van der Waals surface area contributed by atoms with Crippen LogP contribution in [0.5, 0.6) is 0 Å². The van der Waals surface area contributed by atoms with E-state index in [1.807, 2.05) is 0 Å². The lowest BCUT2D eigenvalue weighted by Crippen LogP contribution is -3.61. The van der Waals surface area contributed by atoms with Gasteiger partial charge in [-0.25, -0.2) is 0 Å². The molecule has 3 heteroatoms. The first-order chi connectivity index (χ1) is 15.1. The van der Waals surface area contributed by atoms with Gasteiger partial charge in [0.1, 0.15) is 0 Å². The Labute approximate surface area is 204 Å². The lowest BCUT2D eigenvalue weighted by atomic mass is 9.82. The standard InChI is InChI=1S/C22H30I.C7H6O2/c1-7-21(3,4)17-9-13-19(14-10-17)23-20-15-11-18(12-16-20)22(5,6)8-2;8-7(9)6-4-2-1-3-5-6/h9-16H,7-8H2,1-6H3;1-5H,(H,8,9)/q+1;/p-1. The van der Waals surface area contributed by atoms with Crippen molar-refractivity contribution in [3.63, 3.8) is 0 Å². The van der Waals surface area contributed by atoms with Crippen LogP contribution in [0.4, 0.5) is 0 Å². The van der Waals surface area contributed by atoms with Crippen molar-refractivity contribution in [2.45, 2.75) is 65.2 Å². The minimum atomic E-state index is -1.13. The molecule has 0 fully saturated rings. The fourth-order valence-electron chi connectivity index (χ4n) is 3.04. The quantitative estimate of drug-likeness (QED) is 0.431. The predicted molar refractivity (Wildman–Crippen MR) is 128 cm³/mol. The van der Waals surface area contributed by atoms with E-state index in [0.717, 1.165) is 0 Å². The smallest absolute Gasteiger partial charge is 0.357 e. The summed E-state index contributed by atoms with van der Waals surface area (Å²) in [5.41, 5.74) is 3.69. The highest BCUT2D eigenvalue weighted by atomic mass is 127. The van der Waals surface area contributed by atoms with Crippen molar-refractivity contribution >= 4 is 5.97 Å². The van der Waals surface area contributed by atoms with Crippen LogP contribution < -0.4 is 26.3 Å². The van der Waals surface area contributed by atoms with Crippen molar-refractivity contribution in [2.24, 2.45) is 0 Å². The summed E-state index contributed by atoms with van der Waals surface area (Å²) < 4.78 is 3.00. The Hall–Kier alpha value is -2.14. The molecule has 0 aliphatic heterocycles. The van der Waals surface area contributed by atoms with E-state index in [9.17, 15) is 9.90 Å². The zero-order valence-corrected chi connectivity index (χ0v) is 22.3. The van der Waals surface area contributed by atoms with Crippen LogP contribution in [-0.2, 0) is 10.8 Å². The van der Waals surface area contributed by atoms with Gasteiger partial charge in [0.15, 0.2) is 7.14 Å². The summed E-state index contributed by atoms with van der Waals surface area (Å²) in [6.45, 7) is 13.8. The van der Waals surface area contributed by atoms with Crippen LogP contribution in [0.25, 0.3) is 0 Å². The van der Waals surface area contributed by atoms with Crippen LogP contribution in [0, 0.1) is 7.14 Å². The topological polar surface area (TPSA) is 40.1 Å². The van der Waals surface area contributed by atoms with Crippen LogP contribution >= 0.6 is 0 Å². The molecular weight excluding hydrogens is 507 g/mol. The van der Waals surface area contributed by atoms with E-state index in [2.05, 4.69) is 90.1 Å². The third-order valence-electron chi connectivity index (χ3n) is 6.25. The molecule has 3 aromatic rings. The molecule has 0 atom stereocenters. The van der Waals surface area contributed by atoms with Crippen molar-refractivity contribution in [1.29, 1.82) is 0 Å². The summed E-state index contributed by atoms with van der Waals surface area (Å²) in [6, 6.07) is 26.7. The average Bonchev–Trinajstić information content (AvgIpc) is 2.81. The number of carbonyl (C=O) groups is 1. The highest BCUT2D eigenvalue weighted by Crippen LogP contribution is 2.26. The summed E-state index contributed by atoms with van der Waals surface area (Å²) in [5.74, 6) is -1.13. The lowest BCUT2D eigenvalue weighted by molar-refractivity contribution is -0.597. The van der Waals surface area contributed by atoms with Gasteiger partial charge >= 0.3 is 21.2 Å². The maximum atomic E-state index is 10.1. The van der Waals surface area contributed by atoms with Gasteiger partial charge in [-0.05, 0) is 64.6 Å². The number of carboxylic acid groups (broad SMARTS) is 1. The van der Waals surface area contributed by atoms with E-state index in [4.69, 9.17) is 0 Å². The van der Waals surface area contributed by atoms with Gasteiger partial charge in [0.2, 0.25) is 0 Å². The van der Waals surface area contributed by atoms with Gasteiger partial charge in [0, 0.05) is 0 Å². The molecular formula is C29H35IO2. The van der Waals surface area contributed by atoms with Crippen LogP contribution in [0.15, 0.2) is 78.9 Å². The molecule has 0 bridgehead atoms. The molecule has 0 aliphatic carbocycles. The van der Waals surface area contributed by atoms with Crippen LogP contribution in [0.1, 0.15) is 75.9 Å². The Balaban J connectivity index is 0.000000336. The maximum absolute atomic E-state index is 10.1. The molecule has 0 saturated carbocycles. The summed E-state index contributed by atoms with van der Waals surface area (Å²) in [5, 5.41) is 10.1. The molecule has 2 nitrogen and oxygen atoms in total. The highest BCUT2D eigenvalue weighted by Gasteiger charge is 2.22. The lowest BCUT2D eigenvalue weighted by Gasteiger charge is -2.23. The fourth-order valence-corrected chi connectivity index (χ4v) is 5.19. The zero-order valence-electron chi connectivity index (χ0n) is 20.1. The van der Waals surface area contributed by atoms with Gasteiger partial charge in [-0.1, -0.05) is 96.1 Å². The Morgan fingerprint density at radius 3 is 1.34 bits per heavy atom. The largest absolute Gasteiger partial charge is 0.545 e. The Morgan fingerprint density at radius 1 is 0.688 bits per heavy atom. The molecule has 0 N–H and O–H groups in total. The number of benzene rings is 3. The third-order valence-corrected chi connectivity index (χ3v) is 8.93. The molecule has 3 aromatic carbocycles. The van der Waals surface area contributed by atoms with Crippen molar-refractivity contribution < 1.29 is 31.1 Å². The summed E-state index contributed by atoms with van der Waals surface area (Å²) in [4.78, 5) is 10.1. The van der Waals surface area contributed by atoms with Gasteiger partial charge in [-0.15, -0.1) is 0 Å². The maximum Gasteiger partial charge on any atom is 0.357 e. The molecule has 0 spiro atoms. The van der Waals surface area contributed by atoms with E-state index in [1.54, 1.807) is 18.2 Å². The molecule has 32 heavy (non-hydrogen) atoms. The number of carbonyl (C=O) groups excluding carboxylic acids is 1. The SMILES string of the molecule is CCC(C)(C)c1ccc([I+]c2ccc(C(C)(C)CC)cc2)cc1.O=C([O-])c1ccccc1. The average molecular weight is 543 g/mol. The van der Waals surface area contributed by atoms with Crippen LogP contribution in [0.3, 0.4) is 0 Å². The second-order valence-corrected chi connectivity index (χ2v) is 12.3. The molecule has 0 unspecified atom stereocenters. The second-order valence-electron chi connectivity index (χ2n) is 9.24. The minimum Gasteiger partial charge on any atom is -0.545 e. The van der Waals surface area contributed by atoms with Gasteiger partial charge in [0.25, 0.3) is 0 Å². The molecule has 0 radical (unpaired) electrons. The van der Waals surface area contributed by atoms with Gasteiger partial charge in [0.05, 0.1) is 5.97 Å². The summed E-state index contributed by atoms with van der Waals surface area (Å²) in [6.07, 6.45) is 2.35. The fraction of sp³-hybridized carbons (Fsp3) is 0.345. The normalized spacial score (nSPS) is 11.4. The van der Waals surface area contributed by atoms with Crippen LogP contribution in [0.2, 0.25) is 0 Å². The number of hydrogen-bond donors (Lipinski definition) is 0. The number of rotatable bonds is 7. The number of carboxylic acids is 1. The van der Waals surface area contributed by atoms with Crippen molar-refractivity contribution in [2.75, 3.05) is 0 Å². The van der Waals surface area contributed by atoms with E-state index in [1.165, 1.54) is 43.2 Å². The summed E-state index contributed by atoms with van der Waals surface area (Å²) >= 11 is -0.0793. The first kappa shape index (κ1) is 26.1. The van der Waals surface area contributed by atoms with E-state index < -0.39 is 5.97 Å². The molecule has 0 aromatic heterocycles. The molecule has 0 heterocycles. The molecule has 3 rings (SSSR count). The second kappa shape index (κ2) is 11.6. The minimum absolute atomic E-state index is 0.0793. The number of hydrogen-bond acceptors (Lipinski definition) is 2. The first-order valence-corrected chi connectivity index (χ1v) is 13.4. The number of halogens is 1. The van der Waals surface area contributed by atoms with E-state index in [0.29, 0.717) is 0 Å². The van der Waals surface area contributed by atoms with Gasteiger partial charge in [-0.3, -0.25) is 0 Å². The van der Waals surface area contributed by atoms with E-state index >= 15 is 0 Å². The third kappa shape index (κ3) is 7.47. The Kier molecular flexibility index (Phi) is 9.50. The zero-order chi connectivity index (χ0) is 23.8. The van der Waals surface area contributed by atoms with Gasteiger partial charge in [-0.2, -0.15) is 0 Å². The molecule has 0 saturated heterocycles. The monoisotopic (exact) mass is 542 g/mol. The highest BCUT2D eigenvalue weighted by molar-refractivity contribution is 5.85. The number of aromatic carboxylic acids is 1. The molecule has 0 aliphatic rings. The van der Waals surface area contributed by atoms with Crippen LogP contribution in [-0.4, -0.2) is 5.97 Å². The predicted octanol–water partition coefficient (Wildman–Crippen LogP) is 3.24. The van der Waals surface area contributed by atoms with Gasteiger partial charge < -0.3 is 9.90 Å². The summed E-state index contributed by atoms with van der Waals surface area (Å²) in [7, 11) is 0. The Morgan fingerprint density at radius 2 is 1.06 bits per heavy atom. The van der Waals surface area contributed by atoms with Crippen molar-refractivity contribution in [3.8, 4) is 0 Å². The Bertz CT molecular complexity index is 914. The first-order valence-electron chi connectivity index (χ1n) is 11.2. The molecule has 170 valence electrons.